The van der Waals surface area contributed by atoms with Gasteiger partial charge in [0.15, 0.2) is 5.58 Å². The van der Waals surface area contributed by atoms with Crippen molar-refractivity contribution in [2.45, 2.75) is 0 Å². The van der Waals surface area contributed by atoms with Gasteiger partial charge in [0.2, 0.25) is 5.56 Å². The second kappa shape index (κ2) is 5.45. The molecule has 0 aliphatic carbocycles. The van der Waals surface area contributed by atoms with Gasteiger partial charge in [-0.1, -0.05) is 12.1 Å². The van der Waals surface area contributed by atoms with Gasteiger partial charge in [0.1, 0.15) is 17.1 Å². The van der Waals surface area contributed by atoms with Crippen molar-refractivity contribution in [3.8, 4) is 22.6 Å². The van der Waals surface area contributed by atoms with Crippen LogP contribution < -0.4 is 15.0 Å². The summed E-state index contributed by atoms with van der Waals surface area (Å²) in [5, 5.41) is 0.869. The maximum Gasteiger partial charge on any atom is 0.249 e. The van der Waals surface area contributed by atoms with Gasteiger partial charge in [-0.15, -0.1) is 0 Å². The highest BCUT2D eigenvalue weighted by Crippen LogP contribution is 2.38. The molecule has 0 atom stereocenters. The smallest absolute Gasteiger partial charge is 0.249 e. The zero-order valence-corrected chi connectivity index (χ0v) is 13.3. The summed E-state index contributed by atoms with van der Waals surface area (Å²) < 4.78 is 16.8. The second-order valence-electron chi connectivity index (χ2n) is 5.42. The van der Waals surface area contributed by atoms with Crippen LogP contribution in [0.5, 0.6) is 11.5 Å². The van der Waals surface area contributed by atoms with E-state index < -0.39 is 0 Å². The molecule has 4 aromatic rings. The number of benzene rings is 2. The van der Waals surface area contributed by atoms with Crippen molar-refractivity contribution in [3.05, 3.63) is 58.9 Å². The van der Waals surface area contributed by atoms with E-state index in [9.17, 15) is 4.79 Å². The van der Waals surface area contributed by atoms with E-state index >= 15 is 0 Å². The van der Waals surface area contributed by atoms with Crippen molar-refractivity contribution in [2.24, 2.45) is 0 Å². The average Bonchev–Trinajstić information content (AvgIpc) is 2.99. The number of ether oxygens (including phenoxy) is 2. The Kier molecular flexibility index (Phi) is 3.27. The van der Waals surface area contributed by atoms with E-state index in [2.05, 4.69) is 4.98 Å². The third-order valence-electron chi connectivity index (χ3n) is 4.06. The van der Waals surface area contributed by atoms with E-state index in [-0.39, 0.29) is 5.56 Å². The van der Waals surface area contributed by atoms with Gasteiger partial charge in [0.25, 0.3) is 0 Å². The van der Waals surface area contributed by atoms with Crippen LogP contribution in [0.3, 0.4) is 0 Å². The number of hydrogen-bond donors (Lipinski definition) is 1. The first kappa shape index (κ1) is 14.4. The topological polar surface area (TPSA) is 64.5 Å². The van der Waals surface area contributed by atoms with E-state index in [1.807, 2.05) is 42.5 Å². The van der Waals surface area contributed by atoms with E-state index in [0.717, 1.165) is 16.5 Å². The highest BCUT2D eigenvalue weighted by molar-refractivity contribution is 6.07. The Morgan fingerprint density at radius 1 is 0.958 bits per heavy atom. The summed E-state index contributed by atoms with van der Waals surface area (Å²) in [4.78, 5) is 15.1. The molecule has 2 aromatic carbocycles. The molecule has 2 aromatic heterocycles. The average molecular weight is 321 g/mol. The van der Waals surface area contributed by atoms with Crippen LogP contribution in [0.2, 0.25) is 0 Å². The number of nitrogens with one attached hydrogen (secondary N) is 1. The molecule has 0 unspecified atom stereocenters. The molecule has 24 heavy (non-hydrogen) atoms. The van der Waals surface area contributed by atoms with Crippen LogP contribution in [0, 0.1) is 0 Å². The zero-order chi connectivity index (χ0) is 16.7. The molecule has 0 radical (unpaired) electrons. The first-order valence-electron chi connectivity index (χ1n) is 7.48. The molecule has 0 fully saturated rings. The van der Waals surface area contributed by atoms with Crippen molar-refractivity contribution in [1.82, 2.24) is 4.98 Å². The van der Waals surface area contributed by atoms with Gasteiger partial charge in [-0.05, 0) is 30.3 Å². The molecule has 5 heteroatoms. The monoisotopic (exact) mass is 321 g/mol. The predicted molar refractivity (Wildman–Crippen MR) is 92.9 cm³/mol. The summed E-state index contributed by atoms with van der Waals surface area (Å²) in [6.45, 7) is 0. The second-order valence-corrected chi connectivity index (χ2v) is 5.42. The van der Waals surface area contributed by atoms with Crippen molar-refractivity contribution >= 4 is 22.1 Å². The van der Waals surface area contributed by atoms with Crippen LogP contribution in [0.25, 0.3) is 33.2 Å². The van der Waals surface area contributed by atoms with Crippen LogP contribution in [0.1, 0.15) is 0 Å². The zero-order valence-electron chi connectivity index (χ0n) is 13.3. The molecule has 0 saturated heterocycles. The van der Waals surface area contributed by atoms with Gasteiger partial charge in [0.05, 0.1) is 19.7 Å². The number of aromatic amines is 1. The normalized spacial score (nSPS) is 11.1. The van der Waals surface area contributed by atoms with Gasteiger partial charge in [-0.3, -0.25) is 4.79 Å². The molecule has 0 aliphatic heterocycles. The fraction of sp³-hybridized carbons (Fsp3) is 0.105. The molecule has 0 spiro atoms. The lowest BCUT2D eigenvalue weighted by atomic mass is 10.0. The molecular formula is C19H15NO4. The lowest BCUT2D eigenvalue weighted by Crippen LogP contribution is -2.04. The summed E-state index contributed by atoms with van der Waals surface area (Å²) in [6, 6.07) is 14.6. The Morgan fingerprint density at radius 2 is 1.79 bits per heavy atom. The Labute approximate surface area is 137 Å². The maximum atomic E-state index is 12.2. The molecule has 0 saturated carbocycles. The summed E-state index contributed by atoms with van der Waals surface area (Å²) in [5.41, 5.74) is 3.22. The van der Waals surface area contributed by atoms with E-state index in [1.165, 1.54) is 6.07 Å². The van der Waals surface area contributed by atoms with Crippen LogP contribution in [0.15, 0.2) is 57.7 Å². The molecule has 5 nitrogen and oxygen atoms in total. The Bertz CT molecular complexity index is 1110. The van der Waals surface area contributed by atoms with Gasteiger partial charge < -0.3 is 18.9 Å². The number of H-pyrrole nitrogens is 1. The first-order chi connectivity index (χ1) is 11.7. The summed E-state index contributed by atoms with van der Waals surface area (Å²) >= 11 is 0. The maximum absolute atomic E-state index is 12.2. The highest BCUT2D eigenvalue weighted by Gasteiger charge is 2.17. The van der Waals surface area contributed by atoms with Crippen LogP contribution >= 0.6 is 0 Å². The predicted octanol–water partition coefficient (Wildman–Crippen LogP) is 3.96. The van der Waals surface area contributed by atoms with Crippen LogP contribution in [-0.4, -0.2) is 19.2 Å². The van der Waals surface area contributed by atoms with Gasteiger partial charge in [-0.25, -0.2) is 0 Å². The third kappa shape index (κ3) is 2.13. The van der Waals surface area contributed by atoms with Crippen LogP contribution in [0.4, 0.5) is 0 Å². The van der Waals surface area contributed by atoms with Crippen molar-refractivity contribution in [2.75, 3.05) is 14.2 Å². The first-order valence-corrected chi connectivity index (χ1v) is 7.48. The number of furan rings is 1. The number of hydrogen-bond acceptors (Lipinski definition) is 4. The van der Waals surface area contributed by atoms with Gasteiger partial charge in [0, 0.05) is 22.6 Å². The Hall–Kier alpha value is -3.21. The number of aromatic nitrogens is 1. The molecule has 0 amide bonds. The fourth-order valence-electron chi connectivity index (χ4n) is 2.94. The number of para-hydroxylation sites is 1. The van der Waals surface area contributed by atoms with E-state index in [4.69, 9.17) is 13.9 Å². The minimum atomic E-state index is -0.200. The van der Waals surface area contributed by atoms with Crippen LogP contribution in [-0.2, 0) is 0 Å². The van der Waals surface area contributed by atoms with Gasteiger partial charge >= 0.3 is 0 Å². The van der Waals surface area contributed by atoms with Crippen molar-refractivity contribution in [3.63, 3.8) is 0 Å². The summed E-state index contributed by atoms with van der Waals surface area (Å²) in [7, 11) is 3.19. The molecule has 2 heterocycles. The molecular weight excluding hydrogens is 306 g/mol. The number of methoxy groups -OCH3 is 2. The molecule has 0 bridgehead atoms. The minimum Gasteiger partial charge on any atom is -0.497 e. The molecule has 120 valence electrons. The standard InChI is InChI=1S/C19H15NO4/c1-22-11-7-8-15(23-2)13(9-11)14-10-17(21)20-18-12-5-3-4-6-16(12)24-19(14)18/h3-10H,1-2H3,(H,20,21). The van der Waals surface area contributed by atoms with Crippen molar-refractivity contribution < 1.29 is 13.9 Å². The number of pyridine rings is 1. The largest absolute Gasteiger partial charge is 0.497 e. The highest BCUT2D eigenvalue weighted by atomic mass is 16.5. The Balaban J connectivity index is 2.12. The molecule has 0 aliphatic rings. The fourth-order valence-corrected chi connectivity index (χ4v) is 2.94. The molecule has 1 N–H and O–H groups in total. The Morgan fingerprint density at radius 3 is 2.58 bits per heavy atom. The van der Waals surface area contributed by atoms with Crippen molar-refractivity contribution in [1.29, 1.82) is 0 Å². The lowest BCUT2D eigenvalue weighted by molar-refractivity contribution is 0.404. The third-order valence-corrected chi connectivity index (χ3v) is 4.06. The number of rotatable bonds is 3. The van der Waals surface area contributed by atoms with E-state index in [0.29, 0.717) is 28.2 Å². The summed E-state index contributed by atoms with van der Waals surface area (Å²) in [6.07, 6.45) is 0. The number of fused-ring (bicyclic) bond motifs is 3. The molecule has 4 rings (SSSR count). The quantitative estimate of drug-likeness (QED) is 0.620. The minimum absolute atomic E-state index is 0.200. The summed E-state index contributed by atoms with van der Waals surface area (Å²) in [5.74, 6) is 1.32. The SMILES string of the molecule is COc1ccc(OC)c(-c2cc(=O)[nH]c3c2oc2ccccc23)c1. The van der Waals surface area contributed by atoms with E-state index in [1.54, 1.807) is 14.2 Å². The lowest BCUT2D eigenvalue weighted by Gasteiger charge is -2.10. The van der Waals surface area contributed by atoms with Gasteiger partial charge in [-0.2, -0.15) is 0 Å².